The average Bonchev–Trinajstić information content (AvgIpc) is 3.00. The summed E-state index contributed by atoms with van der Waals surface area (Å²) < 4.78 is 0. The lowest BCUT2D eigenvalue weighted by atomic mass is 9.52. The van der Waals surface area contributed by atoms with E-state index in [9.17, 15) is 4.79 Å². The SMILES string of the molecule is CCc1cncc(C2=CCC3C4CCN5C(=O)CCCCC5(C)C4CCC23C)c1. The average molecular weight is 393 g/mol. The molecule has 156 valence electrons. The van der Waals surface area contributed by atoms with Crippen LogP contribution in [-0.4, -0.2) is 27.9 Å². The molecule has 5 unspecified atom stereocenters. The van der Waals surface area contributed by atoms with Gasteiger partial charge in [0, 0.05) is 30.9 Å². The minimum atomic E-state index is 0.0876. The predicted molar refractivity (Wildman–Crippen MR) is 117 cm³/mol. The van der Waals surface area contributed by atoms with Crippen LogP contribution >= 0.6 is 0 Å². The minimum Gasteiger partial charge on any atom is -0.337 e. The zero-order chi connectivity index (χ0) is 20.2. The van der Waals surface area contributed by atoms with Gasteiger partial charge in [0.1, 0.15) is 0 Å². The second-order valence-corrected chi connectivity index (χ2v) is 10.5. The van der Waals surface area contributed by atoms with Gasteiger partial charge in [-0.3, -0.25) is 9.78 Å². The Morgan fingerprint density at radius 3 is 2.83 bits per heavy atom. The Morgan fingerprint density at radius 1 is 1.14 bits per heavy atom. The van der Waals surface area contributed by atoms with Gasteiger partial charge in [0.25, 0.3) is 0 Å². The molecule has 0 aromatic carbocycles. The third-order valence-corrected chi connectivity index (χ3v) is 9.26. The molecule has 3 nitrogen and oxygen atoms in total. The molecule has 2 saturated heterocycles. The Bertz CT molecular complexity index is 845. The van der Waals surface area contributed by atoms with Gasteiger partial charge in [-0.2, -0.15) is 0 Å². The second kappa shape index (κ2) is 6.96. The molecule has 0 radical (unpaired) electrons. The molecular weight excluding hydrogens is 356 g/mol. The smallest absolute Gasteiger partial charge is 0.223 e. The van der Waals surface area contributed by atoms with Crippen molar-refractivity contribution in [2.24, 2.45) is 23.2 Å². The molecule has 5 atom stereocenters. The quantitative estimate of drug-likeness (QED) is 0.652. The first-order valence-corrected chi connectivity index (χ1v) is 11.9. The number of carbonyl (C=O) groups excluding carboxylic acids is 1. The second-order valence-electron chi connectivity index (χ2n) is 10.5. The van der Waals surface area contributed by atoms with Crippen molar-refractivity contribution in [2.75, 3.05) is 6.54 Å². The Morgan fingerprint density at radius 2 is 2.00 bits per heavy atom. The predicted octanol–water partition coefficient (Wildman–Crippen LogP) is 5.64. The Balaban J connectivity index is 1.45. The Kier molecular flexibility index (Phi) is 4.64. The summed E-state index contributed by atoms with van der Waals surface area (Å²) in [5.74, 6) is 2.56. The number of fused-ring (bicyclic) bond motifs is 5. The van der Waals surface area contributed by atoms with Crippen LogP contribution < -0.4 is 0 Å². The summed E-state index contributed by atoms with van der Waals surface area (Å²) in [4.78, 5) is 19.7. The normalized spacial score (nSPS) is 39.3. The highest BCUT2D eigenvalue weighted by atomic mass is 16.2. The largest absolute Gasteiger partial charge is 0.337 e. The summed E-state index contributed by atoms with van der Waals surface area (Å²) in [6.45, 7) is 8.14. The number of aryl methyl sites for hydroxylation is 1. The van der Waals surface area contributed by atoms with E-state index in [2.05, 4.69) is 49.0 Å². The number of rotatable bonds is 2. The molecule has 1 saturated carbocycles. The van der Waals surface area contributed by atoms with E-state index in [4.69, 9.17) is 0 Å². The lowest BCUT2D eigenvalue weighted by Gasteiger charge is -2.59. The van der Waals surface area contributed by atoms with E-state index in [0.29, 0.717) is 11.8 Å². The van der Waals surface area contributed by atoms with Crippen molar-refractivity contribution in [2.45, 2.75) is 84.1 Å². The highest BCUT2D eigenvalue weighted by Crippen LogP contribution is 2.63. The molecule has 0 N–H and O–H groups in total. The van der Waals surface area contributed by atoms with E-state index in [-0.39, 0.29) is 11.0 Å². The van der Waals surface area contributed by atoms with E-state index in [1.54, 1.807) is 5.57 Å². The molecule has 3 fully saturated rings. The summed E-state index contributed by atoms with van der Waals surface area (Å²) in [6, 6.07) is 2.37. The number of hydrogen-bond donors (Lipinski definition) is 0. The fourth-order valence-electron chi connectivity index (χ4n) is 7.66. The van der Waals surface area contributed by atoms with Crippen molar-refractivity contribution in [3.8, 4) is 0 Å². The van der Waals surface area contributed by atoms with Crippen LogP contribution in [0.5, 0.6) is 0 Å². The number of nitrogens with zero attached hydrogens (tertiary/aromatic N) is 2. The van der Waals surface area contributed by atoms with Crippen molar-refractivity contribution >= 4 is 11.5 Å². The molecule has 1 aromatic heterocycles. The van der Waals surface area contributed by atoms with Crippen LogP contribution in [0.4, 0.5) is 0 Å². The van der Waals surface area contributed by atoms with Gasteiger partial charge in [-0.15, -0.1) is 0 Å². The number of carbonyl (C=O) groups is 1. The highest BCUT2D eigenvalue weighted by Gasteiger charge is 2.58. The maximum atomic E-state index is 12.8. The lowest BCUT2D eigenvalue weighted by molar-refractivity contribution is -0.150. The third-order valence-electron chi connectivity index (χ3n) is 9.26. The highest BCUT2D eigenvalue weighted by molar-refractivity contribution is 5.78. The first-order valence-electron chi connectivity index (χ1n) is 11.9. The van der Waals surface area contributed by atoms with Crippen LogP contribution in [0.1, 0.15) is 83.3 Å². The van der Waals surface area contributed by atoms with E-state index >= 15 is 0 Å². The lowest BCUT2D eigenvalue weighted by Crippen LogP contribution is -2.62. The van der Waals surface area contributed by atoms with Crippen molar-refractivity contribution in [3.63, 3.8) is 0 Å². The van der Waals surface area contributed by atoms with Crippen LogP contribution in [0.2, 0.25) is 0 Å². The van der Waals surface area contributed by atoms with Gasteiger partial charge in [-0.1, -0.05) is 26.3 Å². The van der Waals surface area contributed by atoms with Crippen LogP contribution in [0.3, 0.4) is 0 Å². The molecule has 3 heterocycles. The number of allylic oxidation sites excluding steroid dienone is 2. The van der Waals surface area contributed by atoms with Crippen LogP contribution in [0.15, 0.2) is 24.5 Å². The summed E-state index contributed by atoms with van der Waals surface area (Å²) in [7, 11) is 0. The van der Waals surface area contributed by atoms with Crippen molar-refractivity contribution in [1.29, 1.82) is 0 Å². The van der Waals surface area contributed by atoms with Gasteiger partial charge in [0.05, 0.1) is 0 Å². The fourth-order valence-corrected chi connectivity index (χ4v) is 7.66. The molecule has 29 heavy (non-hydrogen) atoms. The zero-order valence-corrected chi connectivity index (χ0v) is 18.4. The minimum absolute atomic E-state index is 0.0876. The Hall–Kier alpha value is -1.64. The van der Waals surface area contributed by atoms with Gasteiger partial charge in [-0.25, -0.2) is 0 Å². The summed E-state index contributed by atoms with van der Waals surface area (Å²) in [5, 5.41) is 0. The number of hydrogen-bond acceptors (Lipinski definition) is 2. The van der Waals surface area contributed by atoms with Gasteiger partial charge < -0.3 is 4.90 Å². The van der Waals surface area contributed by atoms with Gasteiger partial charge in [0.15, 0.2) is 0 Å². The van der Waals surface area contributed by atoms with Crippen LogP contribution in [-0.2, 0) is 11.2 Å². The van der Waals surface area contributed by atoms with Crippen molar-refractivity contribution in [1.82, 2.24) is 9.88 Å². The molecule has 4 aliphatic rings. The molecule has 1 aromatic rings. The number of pyridine rings is 1. The van der Waals surface area contributed by atoms with E-state index < -0.39 is 0 Å². The van der Waals surface area contributed by atoms with Gasteiger partial charge >= 0.3 is 0 Å². The first kappa shape index (κ1) is 19.3. The standard InChI is InChI=1S/C26H36N2O/c1-4-18-15-19(17-27-16-18)21-8-9-22-20-11-14-28-24(29)7-5-6-12-26(28,3)23(20)10-13-25(21,22)2/h8,15-17,20,22-23H,4-7,9-14H2,1-3H3. The van der Waals surface area contributed by atoms with Crippen LogP contribution in [0, 0.1) is 23.2 Å². The van der Waals surface area contributed by atoms with E-state index in [0.717, 1.165) is 37.6 Å². The summed E-state index contributed by atoms with van der Waals surface area (Å²) >= 11 is 0. The number of aromatic nitrogens is 1. The molecule has 1 amide bonds. The maximum absolute atomic E-state index is 12.8. The maximum Gasteiger partial charge on any atom is 0.223 e. The Labute approximate surface area is 176 Å². The van der Waals surface area contributed by atoms with E-state index in [1.807, 2.05) is 6.20 Å². The fraction of sp³-hybridized carbons (Fsp3) is 0.692. The molecule has 0 spiro atoms. The third kappa shape index (κ3) is 2.83. The summed E-state index contributed by atoms with van der Waals surface area (Å²) in [6.07, 6.45) is 16.8. The van der Waals surface area contributed by atoms with Gasteiger partial charge in [-0.05, 0) is 97.8 Å². The number of amides is 1. The van der Waals surface area contributed by atoms with E-state index in [1.165, 1.54) is 49.7 Å². The molecular formula is C26H36N2O. The first-order chi connectivity index (χ1) is 14.0. The van der Waals surface area contributed by atoms with Crippen LogP contribution in [0.25, 0.3) is 5.57 Å². The molecule has 5 rings (SSSR count). The summed E-state index contributed by atoms with van der Waals surface area (Å²) in [5.41, 5.74) is 4.59. The monoisotopic (exact) mass is 392 g/mol. The number of piperidine rings is 1. The van der Waals surface area contributed by atoms with Crippen molar-refractivity contribution in [3.05, 3.63) is 35.7 Å². The molecule has 2 aliphatic heterocycles. The zero-order valence-electron chi connectivity index (χ0n) is 18.4. The van der Waals surface area contributed by atoms with Crippen molar-refractivity contribution < 1.29 is 4.79 Å². The molecule has 0 bridgehead atoms. The molecule has 2 aliphatic carbocycles. The van der Waals surface area contributed by atoms with Gasteiger partial charge in [0.2, 0.25) is 5.91 Å². The molecule has 3 heteroatoms. The topological polar surface area (TPSA) is 33.2 Å².